The quantitative estimate of drug-likeness (QED) is 0.809. The molecule has 2 aromatic carbocycles. The summed E-state index contributed by atoms with van der Waals surface area (Å²) in [6, 6.07) is 10.8. The van der Waals surface area contributed by atoms with Gasteiger partial charge in [-0.2, -0.15) is 0 Å². The van der Waals surface area contributed by atoms with E-state index < -0.39 is 5.82 Å². The monoisotopic (exact) mass is 278 g/mol. The van der Waals surface area contributed by atoms with Crippen LogP contribution >= 0.6 is 12.2 Å². The van der Waals surface area contributed by atoms with Crippen molar-refractivity contribution in [3.05, 3.63) is 59.7 Å². The van der Waals surface area contributed by atoms with Crippen molar-refractivity contribution in [2.24, 2.45) is 0 Å². The normalized spacial score (nSPS) is 10.1. The second-order valence-corrected chi connectivity index (χ2v) is 4.38. The average molecular weight is 278 g/mol. The van der Waals surface area contributed by atoms with Gasteiger partial charge in [0.2, 0.25) is 0 Å². The van der Waals surface area contributed by atoms with Crippen molar-refractivity contribution in [1.82, 2.24) is 0 Å². The third-order valence-electron chi connectivity index (χ3n) is 2.64. The Hall–Kier alpha value is -2.01. The Morgan fingerprint density at radius 2 is 1.47 bits per heavy atom. The highest BCUT2D eigenvalue weighted by Crippen LogP contribution is 2.18. The molecule has 0 fully saturated rings. The molecule has 0 saturated heterocycles. The first-order chi connectivity index (χ1) is 9.08. The standard InChI is InChI=1S/C14H12F2N2S/c1-9-10(15)6-4-8-12(9)17-14(19)18-13-7-3-2-5-11(13)16/h2-8H,1H3,(H2,17,18,19). The van der Waals surface area contributed by atoms with E-state index in [1.54, 1.807) is 37.3 Å². The highest BCUT2D eigenvalue weighted by atomic mass is 32.1. The summed E-state index contributed by atoms with van der Waals surface area (Å²) in [5, 5.41) is 5.78. The minimum absolute atomic E-state index is 0.207. The lowest BCUT2D eigenvalue weighted by molar-refractivity contribution is 0.619. The first-order valence-electron chi connectivity index (χ1n) is 5.65. The molecule has 0 radical (unpaired) electrons. The summed E-state index contributed by atoms with van der Waals surface area (Å²) in [5.41, 5.74) is 1.28. The van der Waals surface area contributed by atoms with E-state index >= 15 is 0 Å². The van der Waals surface area contributed by atoms with Crippen LogP contribution in [0.3, 0.4) is 0 Å². The maximum Gasteiger partial charge on any atom is 0.175 e. The number of thiocarbonyl (C=S) groups is 1. The van der Waals surface area contributed by atoms with Gasteiger partial charge in [0, 0.05) is 11.3 Å². The van der Waals surface area contributed by atoms with Crippen molar-refractivity contribution >= 4 is 28.7 Å². The molecule has 2 rings (SSSR count). The van der Waals surface area contributed by atoms with Crippen molar-refractivity contribution < 1.29 is 8.78 Å². The second-order valence-electron chi connectivity index (χ2n) is 3.97. The summed E-state index contributed by atoms with van der Waals surface area (Å²) in [6.45, 7) is 1.64. The minimum atomic E-state index is -0.400. The fraction of sp³-hybridized carbons (Fsp3) is 0.0714. The van der Waals surface area contributed by atoms with Crippen LogP contribution in [0.5, 0.6) is 0 Å². The summed E-state index contributed by atoms with van der Waals surface area (Å²) in [7, 11) is 0. The summed E-state index contributed by atoms with van der Waals surface area (Å²) in [4.78, 5) is 0. The van der Waals surface area contributed by atoms with Crippen molar-refractivity contribution in [2.75, 3.05) is 10.6 Å². The zero-order valence-electron chi connectivity index (χ0n) is 10.2. The minimum Gasteiger partial charge on any atom is -0.332 e. The third kappa shape index (κ3) is 3.26. The molecule has 0 aliphatic heterocycles. The zero-order valence-corrected chi connectivity index (χ0v) is 11.0. The van der Waals surface area contributed by atoms with Crippen molar-refractivity contribution in [2.45, 2.75) is 6.92 Å². The molecule has 0 amide bonds. The smallest absolute Gasteiger partial charge is 0.175 e. The van der Waals surface area contributed by atoms with Gasteiger partial charge in [-0.3, -0.25) is 0 Å². The van der Waals surface area contributed by atoms with E-state index in [2.05, 4.69) is 10.6 Å². The molecule has 2 aromatic rings. The van der Waals surface area contributed by atoms with E-state index in [4.69, 9.17) is 12.2 Å². The van der Waals surface area contributed by atoms with E-state index in [0.717, 1.165) is 0 Å². The van der Waals surface area contributed by atoms with E-state index in [-0.39, 0.29) is 16.6 Å². The first-order valence-corrected chi connectivity index (χ1v) is 6.06. The van der Waals surface area contributed by atoms with Gasteiger partial charge in [0.1, 0.15) is 11.6 Å². The van der Waals surface area contributed by atoms with Crippen LogP contribution in [0.15, 0.2) is 42.5 Å². The van der Waals surface area contributed by atoms with Gasteiger partial charge < -0.3 is 10.6 Å². The maximum absolute atomic E-state index is 13.4. The molecule has 2 N–H and O–H groups in total. The zero-order chi connectivity index (χ0) is 13.8. The molecule has 0 unspecified atom stereocenters. The summed E-state index contributed by atoms with van der Waals surface area (Å²) >= 11 is 5.07. The molecule has 0 heterocycles. The van der Waals surface area contributed by atoms with Gasteiger partial charge in [0.25, 0.3) is 0 Å². The molecule has 5 heteroatoms. The fourth-order valence-electron chi connectivity index (χ4n) is 1.58. The van der Waals surface area contributed by atoms with Crippen LogP contribution in [0.4, 0.5) is 20.2 Å². The molecule has 0 bridgehead atoms. The van der Waals surface area contributed by atoms with Gasteiger partial charge in [-0.1, -0.05) is 18.2 Å². The Balaban J connectivity index is 2.10. The van der Waals surface area contributed by atoms with Crippen LogP contribution in [0.25, 0.3) is 0 Å². The number of rotatable bonds is 2. The summed E-state index contributed by atoms with van der Waals surface area (Å²) in [6.07, 6.45) is 0. The molecule has 0 aliphatic rings. The van der Waals surface area contributed by atoms with Crippen molar-refractivity contribution in [1.29, 1.82) is 0 Å². The Morgan fingerprint density at radius 3 is 2.21 bits per heavy atom. The van der Waals surface area contributed by atoms with Crippen molar-refractivity contribution in [3.8, 4) is 0 Å². The first kappa shape index (κ1) is 13.4. The molecule has 98 valence electrons. The van der Waals surface area contributed by atoms with Gasteiger partial charge in [0.15, 0.2) is 5.11 Å². The number of hydrogen-bond acceptors (Lipinski definition) is 1. The van der Waals surface area contributed by atoms with Crippen LogP contribution in [0.2, 0.25) is 0 Å². The summed E-state index contributed by atoms with van der Waals surface area (Å²) < 4.78 is 26.8. The van der Waals surface area contributed by atoms with Crippen LogP contribution < -0.4 is 10.6 Å². The Labute approximate surface area is 115 Å². The maximum atomic E-state index is 13.4. The molecule has 19 heavy (non-hydrogen) atoms. The molecule has 0 saturated carbocycles. The van der Waals surface area contributed by atoms with Crippen LogP contribution in [-0.2, 0) is 0 Å². The van der Waals surface area contributed by atoms with Crippen LogP contribution in [0, 0.1) is 18.6 Å². The Bertz CT molecular complexity index is 614. The number of benzene rings is 2. The predicted octanol–water partition coefficient (Wildman–Crippen LogP) is 4.08. The number of anilines is 2. The molecular formula is C14H12F2N2S. The van der Waals surface area contributed by atoms with Gasteiger partial charge in [0.05, 0.1) is 5.69 Å². The van der Waals surface area contributed by atoms with Crippen LogP contribution in [0.1, 0.15) is 5.56 Å². The van der Waals surface area contributed by atoms with Gasteiger partial charge in [-0.25, -0.2) is 8.78 Å². The molecule has 0 atom stereocenters. The van der Waals surface area contributed by atoms with E-state index in [1.807, 2.05) is 0 Å². The SMILES string of the molecule is Cc1c(F)cccc1NC(=S)Nc1ccccc1F. The van der Waals surface area contributed by atoms with Gasteiger partial charge in [-0.15, -0.1) is 0 Å². The lowest BCUT2D eigenvalue weighted by atomic mass is 10.2. The largest absolute Gasteiger partial charge is 0.332 e. The molecule has 2 nitrogen and oxygen atoms in total. The topological polar surface area (TPSA) is 24.1 Å². The molecule has 0 aliphatic carbocycles. The number of nitrogens with one attached hydrogen (secondary N) is 2. The molecule has 0 spiro atoms. The fourth-order valence-corrected chi connectivity index (χ4v) is 1.80. The molecular weight excluding hydrogens is 266 g/mol. The van der Waals surface area contributed by atoms with E-state index in [9.17, 15) is 8.78 Å². The van der Waals surface area contributed by atoms with Crippen LogP contribution in [-0.4, -0.2) is 5.11 Å². The Morgan fingerprint density at radius 1 is 0.895 bits per heavy atom. The summed E-state index contributed by atoms with van der Waals surface area (Å²) in [5.74, 6) is -0.721. The molecule has 0 aromatic heterocycles. The number of halogens is 2. The number of para-hydroxylation sites is 1. The van der Waals surface area contributed by atoms with E-state index in [1.165, 1.54) is 12.1 Å². The Kier molecular flexibility index (Phi) is 4.06. The lowest BCUT2D eigenvalue weighted by Crippen LogP contribution is -2.20. The lowest BCUT2D eigenvalue weighted by Gasteiger charge is -2.13. The average Bonchev–Trinajstić information content (AvgIpc) is 2.38. The highest BCUT2D eigenvalue weighted by Gasteiger charge is 2.06. The highest BCUT2D eigenvalue weighted by molar-refractivity contribution is 7.80. The number of hydrogen-bond donors (Lipinski definition) is 2. The third-order valence-corrected chi connectivity index (χ3v) is 2.84. The van der Waals surface area contributed by atoms with E-state index in [0.29, 0.717) is 11.3 Å². The second kappa shape index (κ2) is 5.75. The van der Waals surface area contributed by atoms with Crippen molar-refractivity contribution in [3.63, 3.8) is 0 Å². The van der Waals surface area contributed by atoms with Gasteiger partial charge in [-0.05, 0) is 43.4 Å². The predicted molar refractivity (Wildman–Crippen MR) is 77.4 cm³/mol. The van der Waals surface area contributed by atoms with Gasteiger partial charge >= 0.3 is 0 Å².